The van der Waals surface area contributed by atoms with Gasteiger partial charge in [-0.2, -0.15) is 0 Å². The Hall–Kier alpha value is -1.04. The van der Waals surface area contributed by atoms with Crippen molar-refractivity contribution >= 4 is 0 Å². The lowest BCUT2D eigenvalue weighted by molar-refractivity contribution is 0.156. The monoisotopic (exact) mass is 352 g/mol. The van der Waals surface area contributed by atoms with Crippen molar-refractivity contribution in [2.24, 2.45) is 17.8 Å². The van der Waals surface area contributed by atoms with Gasteiger partial charge in [-0.05, 0) is 93.1 Å². The van der Waals surface area contributed by atoms with Crippen molar-refractivity contribution < 1.29 is 0 Å². The van der Waals surface area contributed by atoms with E-state index in [4.69, 9.17) is 0 Å². The lowest BCUT2D eigenvalue weighted by Gasteiger charge is -2.38. The minimum Gasteiger partial charge on any atom is -0.0917 e. The molecule has 1 aromatic rings. The number of hydrogen-bond acceptors (Lipinski definition) is 0. The summed E-state index contributed by atoms with van der Waals surface area (Å²) in [4.78, 5) is 0. The van der Waals surface area contributed by atoms with Gasteiger partial charge >= 0.3 is 0 Å². The second-order valence-electron chi connectivity index (χ2n) is 9.03. The zero-order chi connectivity index (χ0) is 18.2. The predicted octanol–water partition coefficient (Wildman–Crippen LogP) is 8.08. The van der Waals surface area contributed by atoms with Gasteiger partial charge in [0.25, 0.3) is 0 Å². The summed E-state index contributed by atoms with van der Waals surface area (Å²) in [6, 6.07) is 9.59. The van der Waals surface area contributed by atoms with Crippen molar-refractivity contribution in [1.29, 1.82) is 0 Å². The molecule has 2 aliphatic rings. The Bertz CT molecular complexity index is 522. The van der Waals surface area contributed by atoms with Gasteiger partial charge in [0.05, 0.1) is 0 Å². The van der Waals surface area contributed by atoms with Crippen LogP contribution in [0.1, 0.15) is 102 Å². The van der Waals surface area contributed by atoms with Crippen LogP contribution in [0.25, 0.3) is 0 Å². The van der Waals surface area contributed by atoms with Gasteiger partial charge in [-0.25, -0.2) is 0 Å². The first kappa shape index (κ1) is 19.7. The number of aryl methyl sites for hydroxylation is 1. The molecule has 0 heterocycles. The van der Waals surface area contributed by atoms with E-state index in [1.165, 1.54) is 82.6 Å². The standard InChI is InChI=1S/C26H40/c1-3-5-6-8-22-11-15-24(16-12-22)26-19-17-25(18-20-26)23-13-9-21(7-4-2)10-14-23/h3,5,11-12,15-16,21,23,25-26H,4,6-10,13-14,17-20H2,1-2H3/b5-3+. The Morgan fingerprint density at radius 2 is 1.46 bits per heavy atom. The highest BCUT2D eigenvalue weighted by Gasteiger charge is 2.30. The molecule has 0 aliphatic heterocycles. The molecule has 144 valence electrons. The summed E-state index contributed by atoms with van der Waals surface area (Å²) in [5, 5.41) is 0. The quantitative estimate of drug-likeness (QED) is 0.435. The Morgan fingerprint density at radius 3 is 2.04 bits per heavy atom. The Kier molecular flexibility index (Phi) is 7.84. The average molecular weight is 353 g/mol. The fraction of sp³-hybridized carbons (Fsp3) is 0.692. The summed E-state index contributed by atoms with van der Waals surface area (Å²) in [5.74, 6) is 3.97. The van der Waals surface area contributed by atoms with Crippen LogP contribution >= 0.6 is 0 Å². The van der Waals surface area contributed by atoms with E-state index in [0.29, 0.717) is 0 Å². The van der Waals surface area contributed by atoms with E-state index in [0.717, 1.165) is 23.7 Å². The Balaban J connectivity index is 1.43. The van der Waals surface area contributed by atoms with Crippen molar-refractivity contribution in [2.45, 2.75) is 96.8 Å². The molecular weight excluding hydrogens is 312 g/mol. The third-order valence-corrected chi connectivity index (χ3v) is 7.31. The Morgan fingerprint density at radius 1 is 0.846 bits per heavy atom. The lowest BCUT2D eigenvalue weighted by atomic mass is 9.68. The van der Waals surface area contributed by atoms with Crippen LogP contribution in [0.3, 0.4) is 0 Å². The number of benzene rings is 1. The highest BCUT2D eigenvalue weighted by Crippen LogP contribution is 2.44. The summed E-state index contributed by atoms with van der Waals surface area (Å²) in [7, 11) is 0. The smallest absolute Gasteiger partial charge is 0.0162 e. The first-order valence-electron chi connectivity index (χ1n) is 11.5. The van der Waals surface area contributed by atoms with Gasteiger partial charge in [-0.15, -0.1) is 0 Å². The predicted molar refractivity (Wildman–Crippen MR) is 115 cm³/mol. The largest absolute Gasteiger partial charge is 0.0917 e. The molecule has 26 heavy (non-hydrogen) atoms. The van der Waals surface area contributed by atoms with Crippen LogP contribution in [-0.4, -0.2) is 0 Å². The molecular formula is C26H40. The maximum absolute atomic E-state index is 2.42. The van der Waals surface area contributed by atoms with Crippen LogP contribution in [0.5, 0.6) is 0 Å². The molecule has 2 fully saturated rings. The molecule has 0 atom stereocenters. The van der Waals surface area contributed by atoms with Crippen LogP contribution in [0.4, 0.5) is 0 Å². The summed E-state index contributed by atoms with van der Waals surface area (Å²) < 4.78 is 0. The van der Waals surface area contributed by atoms with Gasteiger partial charge in [-0.1, -0.05) is 69.0 Å². The fourth-order valence-electron chi connectivity index (χ4n) is 5.65. The maximum atomic E-state index is 2.42. The first-order chi connectivity index (χ1) is 12.8. The van der Waals surface area contributed by atoms with Crippen LogP contribution in [-0.2, 0) is 6.42 Å². The SMILES string of the molecule is C/C=C/CCc1ccc(C2CCC(C3CCC(CCC)CC3)CC2)cc1. The summed E-state index contributed by atoms with van der Waals surface area (Å²) in [5.41, 5.74) is 3.09. The molecule has 2 aliphatic carbocycles. The number of allylic oxidation sites excluding steroid dienone is 2. The highest BCUT2D eigenvalue weighted by atomic mass is 14.4. The molecule has 0 aromatic heterocycles. The fourth-order valence-corrected chi connectivity index (χ4v) is 5.65. The first-order valence-corrected chi connectivity index (χ1v) is 11.5. The van der Waals surface area contributed by atoms with Gasteiger partial charge in [0, 0.05) is 0 Å². The molecule has 2 saturated carbocycles. The summed E-state index contributed by atoms with van der Waals surface area (Å²) >= 11 is 0. The van der Waals surface area contributed by atoms with Crippen molar-refractivity contribution in [3.8, 4) is 0 Å². The van der Waals surface area contributed by atoms with E-state index in [9.17, 15) is 0 Å². The third-order valence-electron chi connectivity index (χ3n) is 7.31. The maximum Gasteiger partial charge on any atom is -0.0162 e. The molecule has 0 radical (unpaired) electrons. The molecule has 0 nitrogen and oxygen atoms in total. The summed E-state index contributed by atoms with van der Waals surface area (Å²) in [6.45, 7) is 4.46. The second kappa shape index (κ2) is 10.3. The minimum atomic E-state index is 0.826. The zero-order valence-corrected chi connectivity index (χ0v) is 17.3. The minimum absolute atomic E-state index is 0.826. The molecule has 0 spiro atoms. The summed E-state index contributed by atoms with van der Waals surface area (Å²) in [6.07, 6.45) is 21.6. The van der Waals surface area contributed by atoms with Gasteiger partial charge < -0.3 is 0 Å². The van der Waals surface area contributed by atoms with Crippen molar-refractivity contribution in [3.05, 3.63) is 47.5 Å². The van der Waals surface area contributed by atoms with Crippen molar-refractivity contribution in [1.82, 2.24) is 0 Å². The van der Waals surface area contributed by atoms with E-state index in [-0.39, 0.29) is 0 Å². The molecule has 1 aromatic carbocycles. The van der Waals surface area contributed by atoms with Crippen LogP contribution in [0.15, 0.2) is 36.4 Å². The third kappa shape index (κ3) is 5.48. The van der Waals surface area contributed by atoms with E-state index in [1.807, 2.05) is 0 Å². The molecule has 0 amide bonds. The van der Waals surface area contributed by atoms with Gasteiger partial charge in [0.1, 0.15) is 0 Å². The van der Waals surface area contributed by atoms with Crippen LogP contribution in [0, 0.1) is 17.8 Å². The topological polar surface area (TPSA) is 0 Å². The molecule has 0 bridgehead atoms. The van der Waals surface area contributed by atoms with E-state index >= 15 is 0 Å². The normalized spacial score (nSPS) is 29.9. The van der Waals surface area contributed by atoms with E-state index in [2.05, 4.69) is 50.3 Å². The van der Waals surface area contributed by atoms with Crippen molar-refractivity contribution in [2.75, 3.05) is 0 Å². The van der Waals surface area contributed by atoms with E-state index in [1.54, 1.807) is 5.56 Å². The zero-order valence-electron chi connectivity index (χ0n) is 17.3. The van der Waals surface area contributed by atoms with Crippen LogP contribution in [0.2, 0.25) is 0 Å². The second-order valence-corrected chi connectivity index (χ2v) is 9.03. The van der Waals surface area contributed by atoms with Gasteiger partial charge in [0.2, 0.25) is 0 Å². The highest BCUT2D eigenvalue weighted by molar-refractivity contribution is 5.26. The van der Waals surface area contributed by atoms with Crippen LogP contribution < -0.4 is 0 Å². The average Bonchev–Trinajstić information content (AvgIpc) is 2.70. The molecule has 0 unspecified atom stereocenters. The van der Waals surface area contributed by atoms with Gasteiger partial charge in [0.15, 0.2) is 0 Å². The van der Waals surface area contributed by atoms with E-state index < -0.39 is 0 Å². The molecule has 0 N–H and O–H groups in total. The van der Waals surface area contributed by atoms with Crippen molar-refractivity contribution in [3.63, 3.8) is 0 Å². The lowest BCUT2D eigenvalue weighted by Crippen LogP contribution is -2.25. The van der Waals surface area contributed by atoms with Gasteiger partial charge in [-0.3, -0.25) is 0 Å². The molecule has 0 heteroatoms. The number of hydrogen-bond donors (Lipinski definition) is 0. The molecule has 0 saturated heterocycles. The Labute approximate surface area is 162 Å². The number of rotatable bonds is 7. The molecule has 3 rings (SSSR count).